The minimum atomic E-state index is 0.0139. The largest absolute Gasteiger partial charge is 0.497 e. The molecule has 0 aliphatic rings. The molecule has 0 amide bonds. The Hall–Kier alpha value is -1.77. The van der Waals surface area contributed by atoms with E-state index in [9.17, 15) is 4.79 Å². The van der Waals surface area contributed by atoms with Gasteiger partial charge in [-0.2, -0.15) is 0 Å². The molecule has 90 valence electrons. The summed E-state index contributed by atoms with van der Waals surface area (Å²) in [7, 11) is 1.60. The molecule has 3 heteroatoms. The van der Waals surface area contributed by atoms with Crippen molar-refractivity contribution in [1.82, 2.24) is 0 Å². The maximum absolute atomic E-state index is 11.9. The number of methoxy groups -OCH3 is 1. The second-order valence-electron chi connectivity index (χ2n) is 4.04. The lowest BCUT2D eigenvalue weighted by molar-refractivity contribution is 0.414. The highest BCUT2D eigenvalue weighted by Gasteiger charge is 2.05. The van der Waals surface area contributed by atoms with Crippen LogP contribution in [0.2, 0.25) is 0 Å². The number of ether oxygens (including phenoxy) is 1. The second-order valence-corrected chi connectivity index (χ2v) is 4.04. The molecule has 17 heavy (non-hydrogen) atoms. The fourth-order valence-electron chi connectivity index (χ4n) is 1.79. The summed E-state index contributed by atoms with van der Waals surface area (Å²) in [5, 5.41) is 0.603. The first-order chi connectivity index (χ1) is 8.24. The van der Waals surface area contributed by atoms with Gasteiger partial charge in [0, 0.05) is 18.6 Å². The number of rotatable bonds is 4. The Morgan fingerprint density at radius 1 is 1.29 bits per heavy atom. The van der Waals surface area contributed by atoms with Gasteiger partial charge in [-0.15, -0.1) is 0 Å². The molecule has 0 aliphatic carbocycles. The predicted octanol–water partition coefficient (Wildman–Crippen LogP) is 3.14. The molecular weight excluding hydrogens is 216 g/mol. The molecule has 1 aromatic carbocycles. The van der Waals surface area contributed by atoms with Gasteiger partial charge in [0.05, 0.1) is 12.5 Å². The minimum Gasteiger partial charge on any atom is -0.497 e. The van der Waals surface area contributed by atoms with E-state index in [0.29, 0.717) is 16.7 Å². The Morgan fingerprint density at radius 3 is 2.82 bits per heavy atom. The van der Waals surface area contributed by atoms with Gasteiger partial charge in [0.1, 0.15) is 17.1 Å². The number of fused-ring (bicyclic) bond motifs is 1. The lowest BCUT2D eigenvalue weighted by Gasteiger charge is -2.04. The zero-order valence-electron chi connectivity index (χ0n) is 10.2. The Kier molecular flexibility index (Phi) is 3.47. The van der Waals surface area contributed by atoms with Gasteiger partial charge in [0.25, 0.3) is 0 Å². The summed E-state index contributed by atoms with van der Waals surface area (Å²) >= 11 is 0. The van der Waals surface area contributed by atoms with Crippen LogP contribution >= 0.6 is 0 Å². The van der Waals surface area contributed by atoms with Crippen LogP contribution in [0.4, 0.5) is 0 Å². The first-order valence-electron chi connectivity index (χ1n) is 5.85. The summed E-state index contributed by atoms with van der Waals surface area (Å²) in [6, 6.07) is 6.85. The van der Waals surface area contributed by atoms with E-state index in [1.165, 1.54) is 0 Å². The molecule has 0 aliphatic heterocycles. The van der Waals surface area contributed by atoms with Crippen molar-refractivity contribution in [3.63, 3.8) is 0 Å². The second kappa shape index (κ2) is 5.04. The normalized spacial score (nSPS) is 10.7. The third kappa shape index (κ3) is 2.49. The van der Waals surface area contributed by atoms with Crippen molar-refractivity contribution >= 4 is 11.0 Å². The molecule has 0 fully saturated rings. The molecule has 0 radical (unpaired) electrons. The third-order valence-corrected chi connectivity index (χ3v) is 2.76. The van der Waals surface area contributed by atoms with Gasteiger partial charge in [-0.25, -0.2) is 0 Å². The van der Waals surface area contributed by atoms with Crippen molar-refractivity contribution in [2.24, 2.45) is 0 Å². The molecule has 0 N–H and O–H groups in total. The molecule has 2 rings (SSSR count). The predicted molar refractivity (Wildman–Crippen MR) is 67.6 cm³/mol. The molecule has 1 aromatic heterocycles. The third-order valence-electron chi connectivity index (χ3n) is 2.76. The van der Waals surface area contributed by atoms with Crippen molar-refractivity contribution in [2.45, 2.75) is 26.2 Å². The van der Waals surface area contributed by atoms with Crippen LogP contribution in [0.3, 0.4) is 0 Å². The van der Waals surface area contributed by atoms with Crippen LogP contribution in [-0.4, -0.2) is 7.11 Å². The molecule has 0 spiro atoms. The van der Waals surface area contributed by atoms with E-state index in [1.807, 2.05) is 0 Å². The summed E-state index contributed by atoms with van der Waals surface area (Å²) in [4.78, 5) is 11.9. The fraction of sp³-hybridized carbons (Fsp3) is 0.357. The zero-order valence-corrected chi connectivity index (χ0v) is 10.2. The smallest absolute Gasteiger partial charge is 0.192 e. The molecule has 1 heterocycles. The number of hydrogen-bond donors (Lipinski definition) is 0. The highest BCUT2D eigenvalue weighted by atomic mass is 16.5. The van der Waals surface area contributed by atoms with Crippen LogP contribution in [-0.2, 0) is 6.42 Å². The van der Waals surface area contributed by atoms with Crippen LogP contribution in [0.1, 0.15) is 25.5 Å². The number of unbranched alkanes of at least 4 members (excludes halogenated alkanes) is 1. The van der Waals surface area contributed by atoms with E-state index < -0.39 is 0 Å². The van der Waals surface area contributed by atoms with E-state index in [1.54, 1.807) is 31.4 Å². The average molecular weight is 232 g/mol. The lowest BCUT2D eigenvalue weighted by atomic mass is 10.1. The molecule has 0 atom stereocenters. The van der Waals surface area contributed by atoms with Gasteiger partial charge in [-0.05, 0) is 18.6 Å². The van der Waals surface area contributed by atoms with E-state index in [-0.39, 0.29) is 5.43 Å². The van der Waals surface area contributed by atoms with Crippen LogP contribution < -0.4 is 10.2 Å². The van der Waals surface area contributed by atoms with E-state index in [2.05, 4.69) is 6.92 Å². The zero-order chi connectivity index (χ0) is 12.3. The molecule has 0 saturated heterocycles. The first-order valence-corrected chi connectivity index (χ1v) is 5.85. The lowest BCUT2D eigenvalue weighted by Crippen LogP contribution is -2.02. The van der Waals surface area contributed by atoms with E-state index in [0.717, 1.165) is 25.0 Å². The molecule has 3 nitrogen and oxygen atoms in total. The van der Waals surface area contributed by atoms with Crippen LogP contribution in [0.5, 0.6) is 5.75 Å². The minimum absolute atomic E-state index is 0.0139. The summed E-state index contributed by atoms with van der Waals surface area (Å²) in [5.41, 5.74) is 0.614. The monoisotopic (exact) mass is 232 g/mol. The Balaban J connectivity index is 2.50. The Morgan fingerprint density at radius 2 is 2.12 bits per heavy atom. The molecule has 0 saturated carbocycles. The van der Waals surface area contributed by atoms with Crippen molar-refractivity contribution in [3.8, 4) is 5.75 Å². The summed E-state index contributed by atoms with van der Waals surface area (Å²) in [5.74, 6) is 1.45. The van der Waals surface area contributed by atoms with Gasteiger partial charge in [-0.1, -0.05) is 13.3 Å². The molecule has 0 unspecified atom stereocenters. The average Bonchev–Trinajstić information content (AvgIpc) is 2.35. The molecule has 0 bridgehead atoms. The van der Waals surface area contributed by atoms with Gasteiger partial charge < -0.3 is 9.15 Å². The van der Waals surface area contributed by atoms with Crippen molar-refractivity contribution in [1.29, 1.82) is 0 Å². The van der Waals surface area contributed by atoms with Gasteiger partial charge in [0.2, 0.25) is 0 Å². The standard InChI is InChI=1S/C14H16O3/c1-3-4-5-11-8-13(15)12-7-6-10(16-2)9-14(12)17-11/h6-9H,3-5H2,1-2H3. The maximum atomic E-state index is 11.9. The van der Waals surface area contributed by atoms with Crippen LogP contribution in [0.15, 0.2) is 33.5 Å². The van der Waals surface area contributed by atoms with E-state index >= 15 is 0 Å². The number of hydrogen-bond acceptors (Lipinski definition) is 3. The van der Waals surface area contributed by atoms with E-state index in [4.69, 9.17) is 9.15 Å². The maximum Gasteiger partial charge on any atom is 0.192 e. The highest BCUT2D eigenvalue weighted by Crippen LogP contribution is 2.19. The number of benzene rings is 1. The van der Waals surface area contributed by atoms with Crippen molar-refractivity contribution < 1.29 is 9.15 Å². The number of aryl methyl sites for hydroxylation is 1. The van der Waals surface area contributed by atoms with Crippen LogP contribution in [0.25, 0.3) is 11.0 Å². The molecule has 2 aromatic rings. The molecular formula is C14H16O3. The SMILES string of the molecule is CCCCc1cc(=O)c2ccc(OC)cc2o1. The van der Waals surface area contributed by atoms with Crippen molar-refractivity contribution in [3.05, 3.63) is 40.2 Å². The Labute approximate surface area is 100 Å². The van der Waals surface area contributed by atoms with Gasteiger partial charge in [0.15, 0.2) is 5.43 Å². The summed E-state index contributed by atoms with van der Waals surface area (Å²) < 4.78 is 10.8. The quantitative estimate of drug-likeness (QED) is 0.813. The Bertz CT molecular complexity index is 569. The first kappa shape index (κ1) is 11.7. The topological polar surface area (TPSA) is 39.4 Å². The van der Waals surface area contributed by atoms with Crippen molar-refractivity contribution in [2.75, 3.05) is 7.11 Å². The van der Waals surface area contributed by atoms with Gasteiger partial charge >= 0.3 is 0 Å². The van der Waals surface area contributed by atoms with Gasteiger partial charge in [-0.3, -0.25) is 4.79 Å². The summed E-state index contributed by atoms with van der Waals surface area (Å²) in [6.45, 7) is 2.11. The van der Waals surface area contributed by atoms with Crippen LogP contribution in [0, 0.1) is 0 Å². The summed E-state index contributed by atoms with van der Waals surface area (Å²) in [6.07, 6.45) is 2.91. The highest BCUT2D eigenvalue weighted by molar-refractivity contribution is 5.77. The fourth-order valence-corrected chi connectivity index (χ4v) is 1.79.